The van der Waals surface area contributed by atoms with E-state index in [0.717, 1.165) is 11.0 Å². The summed E-state index contributed by atoms with van der Waals surface area (Å²) in [6, 6.07) is 26.8. The third-order valence-corrected chi connectivity index (χ3v) is 3.99. The van der Waals surface area contributed by atoms with Crippen molar-refractivity contribution in [1.82, 2.24) is 4.48 Å². The molecule has 1 N–H and O–H groups in total. The highest BCUT2D eigenvalue weighted by Gasteiger charge is 2.18. The molecular weight excluding hydrogens is 326 g/mol. The summed E-state index contributed by atoms with van der Waals surface area (Å²) in [4.78, 5) is 10.2. The number of hydrogen-bond donors (Lipinski definition) is 1. The highest BCUT2D eigenvalue weighted by atomic mass is 16.4. The summed E-state index contributed by atoms with van der Waals surface area (Å²) in [5.41, 5.74) is 2.53. The molecule has 0 aliphatic rings. The molecule has 134 valence electrons. The summed E-state index contributed by atoms with van der Waals surface area (Å²) in [5.74, 6) is -1.62. The van der Waals surface area contributed by atoms with Crippen molar-refractivity contribution in [3.05, 3.63) is 96.1 Å². The van der Waals surface area contributed by atoms with Gasteiger partial charge < -0.3 is 10.2 Å². The van der Waals surface area contributed by atoms with Gasteiger partial charge in [-0.15, -0.1) is 0 Å². The minimum absolute atomic E-state index is 0.178. The first-order valence-electron chi connectivity index (χ1n) is 8.32. The third kappa shape index (κ3) is 5.46. The Morgan fingerprint density at radius 2 is 1.35 bits per heavy atom. The molecule has 0 amide bonds. The van der Waals surface area contributed by atoms with Gasteiger partial charge in [0.05, 0.1) is 19.7 Å². The van der Waals surface area contributed by atoms with Gasteiger partial charge in [-0.2, -0.15) is 0 Å². The second kappa shape index (κ2) is 8.83. The normalized spacial score (nSPS) is 10.5. The van der Waals surface area contributed by atoms with Crippen molar-refractivity contribution in [1.29, 1.82) is 0 Å². The molecule has 0 radical (unpaired) electrons. The summed E-state index contributed by atoms with van der Waals surface area (Å²) in [5, 5.41) is 19.0. The summed E-state index contributed by atoms with van der Waals surface area (Å²) in [6.07, 6.45) is 0. The quantitative estimate of drug-likeness (QED) is 0.727. The molecule has 0 unspecified atom stereocenters. The number of rotatable bonds is 4. The maximum absolute atomic E-state index is 10.7. The predicted molar refractivity (Wildman–Crippen MR) is 103 cm³/mol. The first-order chi connectivity index (χ1) is 12.4. The molecule has 0 aromatic heterocycles. The molecule has 3 aromatic rings. The second-order valence-corrected chi connectivity index (χ2v) is 6.47. The fourth-order valence-corrected chi connectivity index (χ4v) is 2.61. The molecule has 0 aliphatic heterocycles. The highest BCUT2D eigenvalue weighted by molar-refractivity contribution is 5.90. The van der Waals surface area contributed by atoms with E-state index in [2.05, 4.69) is 74.8 Å². The van der Waals surface area contributed by atoms with E-state index in [1.807, 2.05) is 0 Å². The Morgan fingerprint density at radius 1 is 0.846 bits per heavy atom. The molecule has 0 fully saturated rings. The van der Waals surface area contributed by atoms with E-state index < -0.39 is 11.7 Å². The SMILES string of the molecule is C[N+](C)(Cc1ccccc1)c1ccccc1.O=C(O)c1ccccc1[O-]. The maximum atomic E-state index is 10.7. The predicted octanol–water partition coefficient (Wildman–Crippen LogP) is 3.91. The zero-order valence-corrected chi connectivity index (χ0v) is 15.0. The lowest BCUT2D eigenvalue weighted by molar-refractivity contribution is -0.268. The summed E-state index contributed by atoms with van der Waals surface area (Å²) < 4.78 is 0.880. The molecule has 0 aliphatic carbocycles. The van der Waals surface area contributed by atoms with Crippen molar-refractivity contribution < 1.29 is 15.0 Å². The number of quaternary nitrogens is 1. The smallest absolute Gasteiger partial charge is 0.335 e. The molecular formula is C22H23NO3. The first-order valence-corrected chi connectivity index (χ1v) is 8.32. The van der Waals surface area contributed by atoms with Gasteiger partial charge in [0.25, 0.3) is 0 Å². The van der Waals surface area contributed by atoms with Gasteiger partial charge in [-0.05, 0) is 18.2 Å². The lowest BCUT2D eigenvalue weighted by Gasteiger charge is -2.29. The van der Waals surface area contributed by atoms with Gasteiger partial charge in [0, 0.05) is 5.56 Å². The fourth-order valence-electron chi connectivity index (χ4n) is 2.61. The van der Waals surface area contributed by atoms with Crippen LogP contribution in [0.15, 0.2) is 84.9 Å². The van der Waals surface area contributed by atoms with Crippen LogP contribution in [0.5, 0.6) is 5.75 Å². The van der Waals surface area contributed by atoms with Crippen LogP contribution in [0, 0.1) is 0 Å². The summed E-state index contributed by atoms with van der Waals surface area (Å²) in [7, 11) is 4.48. The average Bonchev–Trinajstić information content (AvgIpc) is 2.64. The molecule has 4 heteroatoms. The number of para-hydroxylation sites is 2. The fraction of sp³-hybridized carbons (Fsp3) is 0.136. The van der Waals surface area contributed by atoms with Crippen LogP contribution in [0.1, 0.15) is 15.9 Å². The van der Waals surface area contributed by atoms with Gasteiger partial charge in [-0.1, -0.05) is 72.5 Å². The number of carboxylic acid groups (broad SMARTS) is 1. The number of carboxylic acids is 1. The van der Waals surface area contributed by atoms with Crippen LogP contribution >= 0.6 is 0 Å². The van der Waals surface area contributed by atoms with E-state index >= 15 is 0 Å². The van der Waals surface area contributed by atoms with Crippen LogP contribution in [0.25, 0.3) is 0 Å². The van der Waals surface area contributed by atoms with E-state index in [9.17, 15) is 9.90 Å². The molecule has 3 aromatic carbocycles. The van der Waals surface area contributed by atoms with Gasteiger partial charge in [0.15, 0.2) is 0 Å². The summed E-state index contributed by atoms with van der Waals surface area (Å²) >= 11 is 0. The Balaban J connectivity index is 0.000000209. The van der Waals surface area contributed by atoms with Crippen molar-refractivity contribution in [3.63, 3.8) is 0 Å². The van der Waals surface area contributed by atoms with Gasteiger partial charge in [-0.25, -0.2) is 4.79 Å². The number of benzene rings is 3. The van der Waals surface area contributed by atoms with Crippen molar-refractivity contribution in [2.45, 2.75) is 6.54 Å². The Labute approximate surface area is 154 Å². The van der Waals surface area contributed by atoms with Gasteiger partial charge in [0.1, 0.15) is 12.2 Å². The van der Waals surface area contributed by atoms with Crippen molar-refractivity contribution in [2.24, 2.45) is 0 Å². The van der Waals surface area contributed by atoms with E-state index in [4.69, 9.17) is 5.11 Å². The van der Waals surface area contributed by atoms with Crippen molar-refractivity contribution in [2.75, 3.05) is 14.1 Å². The zero-order chi connectivity index (χ0) is 19.0. The van der Waals surface area contributed by atoms with Crippen molar-refractivity contribution in [3.8, 4) is 5.75 Å². The van der Waals surface area contributed by atoms with Crippen molar-refractivity contribution >= 4 is 11.7 Å². The lowest BCUT2D eigenvalue weighted by Crippen LogP contribution is -2.39. The van der Waals surface area contributed by atoms with Crippen LogP contribution in [-0.2, 0) is 6.54 Å². The molecule has 0 saturated carbocycles. The van der Waals surface area contributed by atoms with E-state index in [0.29, 0.717) is 0 Å². The topological polar surface area (TPSA) is 60.4 Å². The van der Waals surface area contributed by atoms with E-state index in [1.165, 1.54) is 35.5 Å². The first kappa shape index (κ1) is 19.2. The zero-order valence-electron chi connectivity index (χ0n) is 15.0. The molecule has 0 atom stereocenters. The lowest BCUT2D eigenvalue weighted by atomic mass is 10.2. The van der Waals surface area contributed by atoms with E-state index in [1.54, 1.807) is 0 Å². The Morgan fingerprint density at radius 3 is 1.85 bits per heavy atom. The van der Waals surface area contributed by atoms with Gasteiger partial charge in [-0.3, -0.25) is 4.48 Å². The molecule has 0 heterocycles. The largest absolute Gasteiger partial charge is 0.872 e. The molecule has 4 nitrogen and oxygen atoms in total. The van der Waals surface area contributed by atoms with Gasteiger partial charge in [0.2, 0.25) is 0 Å². The monoisotopic (exact) mass is 349 g/mol. The van der Waals surface area contributed by atoms with Crippen LogP contribution in [0.3, 0.4) is 0 Å². The van der Waals surface area contributed by atoms with Gasteiger partial charge >= 0.3 is 5.97 Å². The van der Waals surface area contributed by atoms with Crippen LogP contribution in [0.2, 0.25) is 0 Å². The number of carbonyl (C=O) groups is 1. The van der Waals surface area contributed by atoms with Crippen LogP contribution in [-0.4, -0.2) is 25.2 Å². The third-order valence-electron chi connectivity index (χ3n) is 3.99. The molecule has 0 saturated heterocycles. The standard InChI is InChI=1S/C15H18N.C7H6O3/c1-16(2,15-11-7-4-8-12-15)13-14-9-5-3-6-10-14;8-6-4-2-1-3-5(6)7(9)10/h3-12H,13H2,1-2H3;1-4,8H,(H,9,10)/q+1;/p-1. The van der Waals surface area contributed by atoms with Crippen LogP contribution in [0.4, 0.5) is 5.69 Å². The van der Waals surface area contributed by atoms with E-state index in [-0.39, 0.29) is 5.56 Å². The number of aromatic carboxylic acids is 1. The Hall–Kier alpha value is -3.11. The highest BCUT2D eigenvalue weighted by Crippen LogP contribution is 2.21. The average molecular weight is 349 g/mol. The Kier molecular flexibility index (Phi) is 6.53. The molecule has 3 rings (SSSR count). The van der Waals surface area contributed by atoms with Crippen LogP contribution < -0.4 is 9.59 Å². The Bertz CT molecular complexity index is 830. The molecule has 26 heavy (non-hydrogen) atoms. The maximum Gasteiger partial charge on any atom is 0.335 e. The number of nitrogens with zero attached hydrogens (tertiary/aromatic N) is 1. The number of hydrogen-bond acceptors (Lipinski definition) is 2. The minimum atomic E-state index is -1.18. The molecule has 0 spiro atoms. The second-order valence-electron chi connectivity index (χ2n) is 6.47. The summed E-state index contributed by atoms with van der Waals surface area (Å²) in [6.45, 7) is 1.02. The minimum Gasteiger partial charge on any atom is -0.872 e. The molecule has 0 bridgehead atoms.